The molecule has 0 fully saturated rings. The molecule has 2 heterocycles. The summed E-state index contributed by atoms with van der Waals surface area (Å²) in [5.41, 5.74) is 0.850. The van der Waals surface area contributed by atoms with Gasteiger partial charge in [0.2, 0.25) is 5.88 Å². The van der Waals surface area contributed by atoms with Crippen molar-refractivity contribution < 1.29 is 23.8 Å². The summed E-state index contributed by atoms with van der Waals surface area (Å²) in [4.78, 5) is 30.8. The molecule has 0 bridgehead atoms. The number of esters is 1. The molecule has 0 saturated carbocycles. The quantitative estimate of drug-likeness (QED) is 0.748. The summed E-state index contributed by atoms with van der Waals surface area (Å²) in [6, 6.07) is 9.91. The third-order valence-corrected chi connectivity index (χ3v) is 4.28. The summed E-state index contributed by atoms with van der Waals surface area (Å²) in [5.74, 6) is 0.538. The van der Waals surface area contributed by atoms with Gasteiger partial charge in [0.25, 0.3) is 0 Å². The average molecular weight is 384 g/mol. The van der Waals surface area contributed by atoms with Crippen molar-refractivity contribution in [3.05, 3.63) is 53.7 Å². The van der Waals surface area contributed by atoms with Crippen LogP contribution in [-0.4, -0.2) is 41.2 Å². The van der Waals surface area contributed by atoms with Crippen LogP contribution >= 0.6 is 0 Å². The van der Waals surface area contributed by atoms with Crippen LogP contribution in [0.25, 0.3) is 0 Å². The summed E-state index contributed by atoms with van der Waals surface area (Å²) >= 11 is 0. The molecule has 7 heteroatoms. The molecule has 0 spiro atoms. The van der Waals surface area contributed by atoms with Crippen LogP contribution in [0, 0.1) is 0 Å². The van der Waals surface area contributed by atoms with Gasteiger partial charge in [-0.15, -0.1) is 0 Å². The second kappa shape index (κ2) is 7.88. The fraction of sp³-hybridized carbons (Fsp3) is 0.381. The normalized spacial score (nSPS) is 16.1. The first kappa shape index (κ1) is 19.7. The van der Waals surface area contributed by atoms with Gasteiger partial charge in [-0.25, -0.2) is 14.6 Å². The standard InChI is InChI=1S/C21H24N2O5/c1-21(2,3)28-20(25)23-13-11-14-15(18(23)19(24)26-4)8-7-9-16(14)27-17-10-5-6-12-22-17/h5-10,12,18H,11,13H2,1-4H3/t18-/m0/s1. The minimum absolute atomic E-state index is 0.310. The fourth-order valence-corrected chi connectivity index (χ4v) is 3.13. The molecule has 2 aromatic rings. The molecule has 1 amide bonds. The number of hydrogen-bond donors (Lipinski definition) is 0. The number of rotatable bonds is 3. The fourth-order valence-electron chi connectivity index (χ4n) is 3.13. The Hall–Kier alpha value is -3.09. The number of nitrogens with zero attached hydrogens (tertiary/aromatic N) is 2. The molecule has 0 aliphatic carbocycles. The number of benzene rings is 1. The van der Waals surface area contributed by atoms with Gasteiger partial charge >= 0.3 is 12.1 Å². The summed E-state index contributed by atoms with van der Waals surface area (Å²) in [6.07, 6.45) is 1.61. The van der Waals surface area contributed by atoms with E-state index in [0.717, 1.165) is 5.56 Å². The van der Waals surface area contributed by atoms with Crippen LogP contribution in [0.2, 0.25) is 0 Å². The molecule has 7 nitrogen and oxygen atoms in total. The van der Waals surface area contributed by atoms with E-state index in [1.807, 2.05) is 12.1 Å². The number of amides is 1. The number of pyridine rings is 1. The topological polar surface area (TPSA) is 78.0 Å². The van der Waals surface area contributed by atoms with Crippen LogP contribution in [0.4, 0.5) is 4.79 Å². The number of ether oxygens (including phenoxy) is 3. The third kappa shape index (κ3) is 4.24. The lowest BCUT2D eigenvalue weighted by Gasteiger charge is -2.36. The first-order valence-corrected chi connectivity index (χ1v) is 9.08. The van der Waals surface area contributed by atoms with Gasteiger partial charge < -0.3 is 14.2 Å². The maximum absolute atomic E-state index is 12.7. The lowest BCUT2D eigenvalue weighted by atomic mass is 9.92. The van der Waals surface area contributed by atoms with E-state index < -0.39 is 23.7 Å². The average Bonchev–Trinajstić information content (AvgIpc) is 2.66. The van der Waals surface area contributed by atoms with Crippen LogP contribution in [0.1, 0.15) is 37.9 Å². The Bertz CT molecular complexity index is 861. The van der Waals surface area contributed by atoms with Crippen LogP contribution in [0.5, 0.6) is 11.6 Å². The molecule has 0 N–H and O–H groups in total. The van der Waals surface area contributed by atoms with Gasteiger partial charge in [-0.1, -0.05) is 18.2 Å². The Morgan fingerprint density at radius 3 is 2.57 bits per heavy atom. The lowest BCUT2D eigenvalue weighted by Crippen LogP contribution is -2.46. The predicted molar refractivity (Wildman–Crippen MR) is 102 cm³/mol. The number of methoxy groups -OCH3 is 1. The van der Waals surface area contributed by atoms with Crippen molar-refractivity contribution in [1.82, 2.24) is 9.88 Å². The van der Waals surface area contributed by atoms with Crippen LogP contribution in [-0.2, 0) is 20.7 Å². The molecule has 28 heavy (non-hydrogen) atoms. The summed E-state index contributed by atoms with van der Waals surface area (Å²) in [6.45, 7) is 5.67. The summed E-state index contributed by atoms with van der Waals surface area (Å²) in [7, 11) is 1.30. The molecular formula is C21H24N2O5. The Morgan fingerprint density at radius 2 is 1.93 bits per heavy atom. The van der Waals surface area contributed by atoms with Crippen molar-refractivity contribution in [1.29, 1.82) is 0 Å². The molecule has 3 rings (SSSR count). The molecule has 148 valence electrons. The highest BCUT2D eigenvalue weighted by molar-refractivity contribution is 5.84. The van der Waals surface area contributed by atoms with Crippen LogP contribution < -0.4 is 4.74 Å². The molecule has 0 radical (unpaired) electrons. The van der Waals surface area contributed by atoms with E-state index in [1.54, 1.807) is 51.2 Å². The number of carbonyl (C=O) groups excluding carboxylic acids is 2. The maximum atomic E-state index is 12.7. The number of hydrogen-bond acceptors (Lipinski definition) is 6. The van der Waals surface area contributed by atoms with Crippen molar-refractivity contribution in [2.75, 3.05) is 13.7 Å². The van der Waals surface area contributed by atoms with Gasteiger partial charge in [0, 0.05) is 24.4 Å². The highest BCUT2D eigenvalue weighted by atomic mass is 16.6. The van der Waals surface area contributed by atoms with E-state index in [9.17, 15) is 9.59 Å². The van der Waals surface area contributed by atoms with Gasteiger partial charge in [-0.3, -0.25) is 4.90 Å². The Kier molecular flexibility index (Phi) is 5.53. The van der Waals surface area contributed by atoms with Crippen LogP contribution in [0.3, 0.4) is 0 Å². The largest absolute Gasteiger partial charge is 0.467 e. The zero-order valence-electron chi connectivity index (χ0n) is 16.5. The van der Waals surface area contributed by atoms with E-state index in [4.69, 9.17) is 14.2 Å². The first-order chi connectivity index (χ1) is 13.3. The van der Waals surface area contributed by atoms with Crippen molar-refractivity contribution in [2.45, 2.75) is 38.8 Å². The van der Waals surface area contributed by atoms with Crippen molar-refractivity contribution in [3.8, 4) is 11.6 Å². The highest BCUT2D eigenvalue weighted by Gasteiger charge is 2.39. The molecule has 1 aliphatic heterocycles. The van der Waals surface area contributed by atoms with Gasteiger partial charge in [-0.05, 0) is 44.9 Å². The van der Waals surface area contributed by atoms with Crippen molar-refractivity contribution >= 4 is 12.1 Å². The van der Waals surface area contributed by atoms with E-state index in [1.165, 1.54) is 12.0 Å². The molecule has 1 aromatic heterocycles. The molecule has 0 unspecified atom stereocenters. The summed E-state index contributed by atoms with van der Waals surface area (Å²) < 4.78 is 16.4. The third-order valence-electron chi connectivity index (χ3n) is 4.28. The minimum Gasteiger partial charge on any atom is -0.467 e. The molecule has 1 aromatic carbocycles. The maximum Gasteiger partial charge on any atom is 0.411 e. The lowest BCUT2D eigenvalue weighted by molar-refractivity contribution is -0.147. The Labute approximate surface area is 164 Å². The first-order valence-electron chi connectivity index (χ1n) is 9.08. The Morgan fingerprint density at radius 1 is 1.14 bits per heavy atom. The molecule has 1 aliphatic rings. The van der Waals surface area contributed by atoms with E-state index >= 15 is 0 Å². The van der Waals surface area contributed by atoms with Gasteiger partial charge in [0.05, 0.1) is 7.11 Å². The Balaban J connectivity index is 1.97. The second-order valence-corrected chi connectivity index (χ2v) is 7.44. The molecule has 0 saturated heterocycles. The SMILES string of the molecule is COC(=O)[C@@H]1c2cccc(Oc3ccccn3)c2CCN1C(=O)OC(C)(C)C. The molecular weight excluding hydrogens is 360 g/mol. The van der Waals surface area contributed by atoms with Crippen molar-refractivity contribution in [3.63, 3.8) is 0 Å². The predicted octanol–water partition coefficient (Wildman–Crippen LogP) is 3.88. The van der Waals surface area contributed by atoms with E-state index in [0.29, 0.717) is 30.2 Å². The number of carbonyl (C=O) groups is 2. The number of aromatic nitrogens is 1. The van der Waals surface area contributed by atoms with Crippen molar-refractivity contribution in [2.24, 2.45) is 0 Å². The monoisotopic (exact) mass is 384 g/mol. The molecule has 1 atom stereocenters. The highest BCUT2D eigenvalue weighted by Crippen LogP contribution is 2.37. The van der Waals surface area contributed by atoms with E-state index in [2.05, 4.69) is 4.98 Å². The van der Waals surface area contributed by atoms with Crippen LogP contribution in [0.15, 0.2) is 42.6 Å². The van der Waals surface area contributed by atoms with Gasteiger partial charge in [-0.2, -0.15) is 0 Å². The smallest absolute Gasteiger partial charge is 0.411 e. The summed E-state index contributed by atoms with van der Waals surface area (Å²) in [5, 5.41) is 0. The van der Waals surface area contributed by atoms with Gasteiger partial charge in [0.15, 0.2) is 6.04 Å². The van der Waals surface area contributed by atoms with E-state index in [-0.39, 0.29) is 0 Å². The zero-order chi connectivity index (χ0) is 20.3. The number of fused-ring (bicyclic) bond motifs is 1. The minimum atomic E-state index is -0.893. The van der Waals surface area contributed by atoms with Gasteiger partial charge in [0.1, 0.15) is 11.4 Å². The zero-order valence-corrected chi connectivity index (χ0v) is 16.5. The second-order valence-electron chi connectivity index (χ2n) is 7.44.